The van der Waals surface area contributed by atoms with Crippen LogP contribution in [0.3, 0.4) is 0 Å². The van der Waals surface area contributed by atoms with E-state index in [-0.39, 0.29) is 17.3 Å². The molecule has 0 aliphatic heterocycles. The third-order valence-corrected chi connectivity index (χ3v) is 3.86. The first-order valence-electron chi connectivity index (χ1n) is 5.50. The highest BCUT2D eigenvalue weighted by Gasteiger charge is 2.16. The number of nitrogens with zero attached hydrogens (tertiary/aromatic N) is 2. The van der Waals surface area contributed by atoms with Gasteiger partial charge in [-0.15, -0.1) is 0 Å². The molecule has 2 aromatic rings. The van der Waals surface area contributed by atoms with Gasteiger partial charge in [-0.05, 0) is 12.5 Å². The first-order chi connectivity index (χ1) is 8.44. The van der Waals surface area contributed by atoms with Crippen LogP contribution in [0.15, 0.2) is 28.8 Å². The van der Waals surface area contributed by atoms with Crippen molar-refractivity contribution in [2.24, 2.45) is 0 Å². The summed E-state index contributed by atoms with van der Waals surface area (Å²) < 4.78 is 28.7. The van der Waals surface area contributed by atoms with E-state index in [9.17, 15) is 8.42 Å². The molecule has 0 fully saturated rings. The Morgan fingerprint density at radius 1 is 1.22 bits per heavy atom. The minimum absolute atomic E-state index is 0.0116. The van der Waals surface area contributed by atoms with Gasteiger partial charge >= 0.3 is 0 Å². The molecule has 0 saturated heterocycles. The van der Waals surface area contributed by atoms with Gasteiger partial charge in [0.25, 0.3) is 0 Å². The summed E-state index contributed by atoms with van der Waals surface area (Å²) >= 11 is 0. The Morgan fingerprint density at radius 3 is 2.61 bits per heavy atom. The number of aromatic nitrogens is 2. The van der Waals surface area contributed by atoms with Crippen LogP contribution in [0.25, 0.3) is 0 Å². The lowest BCUT2D eigenvalue weighted by Crippen LogP contribution is -2.08. The molecule has 1 heterocycles. The molecular formula is C12H14N2O3S. The van der Waals surface area contributed by atoms with Crippen LogP contribution in [-0.2, 0) is 21.3 Å². The van der Waals surface area contributed by atoms with E-state index in [0.29, 0.717) is 5.89 Å². The lowest BCUT2D eigenvalue weighted by atomic mass is 10.2. The van der Waals surface area contributed by atoms with Crippen molar-refractivity contribution < 1.29 is 12.9 Å². The summed E-state index contributed by atoms with van der Waals surface area (Å²) in [6.07, 6.45) is 0. The van der Waals surface area contributed by atoms with Crippen LogP contribution in [0.5, 0.6) is 0 Å². The largest absolute Gasteiger partial charge is 0.340 e. The average Bonchev–Trinajstić information content (AvgIpc) is 2.62. The number of hydrogen-bond acceptors (Lipinski definition) is 5. The van der Waals surface area contributed by atoms with E-state index in [2.05, 4.69) is 10.1 Å². The van der Waals surface area contributed by atoms with Gasteiger partial charge in [0, 0.05) is 6.92 Å². The lowest BCUT2D eigenvalue weighted by molar-refractivity contribution is 0.388. The van der Waals surface area contributed by atoms with Gasteiger partial charge in [-0.1, -0.05) is 35.0 Å². The molecule has 0 saturated carbocycles. The molecule has 96 valence electrons. The lowest BCUT2D eigenvalue weighted by Gasteiger charge is -2.03. The van der Waals surface area contributed by atoms with Crippen LogP contribution in [0.4, 0.5) is 0 Å². The number of sulfone groups is 1. The normalized spacial score (nSPS) is 11.7. The van der Waals surface area contributed by atoms with Crippen molar-refractivity contribution in [1.82, 2.24) is 10.1 Å². The summed E-state index contributed by atoms with van der Waals surface area (Å²) in [6.45, 7) is 3.56. The van der Waals surface area contributed by atoms with Crippen molar-refractivity contribution in [3.8, 4) is 0 Å². The first-order valence-corrected chi connectivity index (χ1v) is 7.32. The zero-order valence-corrected chi connectivity index (χ0v) is 11.1. The van der Waals surface area contributed by atoms with E-state index >= 15 is 0 Å². The first kappa shape index (κ1) is 12.8. The van der Waals surface area contributed by atoms with Crippen molar-refractivity contribution in [1.29, 1.82) is 0 Å². The molecule has 0 bridgehead atoms. The Bertz CT molecular complexity index is 647. The maximum atomic E-state index is 12.0. The summed E-state index contributed by atoms with van der Waals surface area (Å²) in [5.74, 6) is 0.372. The van der Waals surface area contributed by atoms with Crippen LogP contribution in [0, 0.1) is 13.8 Å². The average molecular weight is 266 g/mol. The van der Waals surface area contributed by atoms with E-state index in [4.69, 9.17) is 4.52 Å². The molecule has 0 aliphatic carbocycles. The summed E-state index contributed by atoms with van der Waals surface area (Å²) in [4.78, 5) is 3.90. The third kappa shape index (κ3) is 3.40. The monoisotopic (exact) mass is 266 g/mol. The van der Waals surface area contributed by atoms with E-state index in [1.54, 1.807) is 13.0 Å². The Morgan fingerprint density at radius 2 is 2.00 bits per heavy atom. The molecule has 2 rings (SSSR count). The molecule has 0 aliphatic rings. The molecular weight excluding hydrogens is 252 g/mol. The van der Waals surface area contributed by atoms with Crippen LogP contribution in [-0.4, -0.2) is 18.6 Å². The maximum Gasteiger partial charge on any atom is 0.223 e. The van der Waals surface area contributed by atoms with Gasteiger partial charge in [0.15, 0.2) is 15.7 Å². The van der Waals surface area contributed by atoms with E-state index in [1.165, 1.54) is 0 Å². The van der Waals surface area contributed by atoms with E-state index < -0.39 is 9.84 Å². The molecule has 1 aromatic carbocycles. The summed E-state index contributed by atoms with van der Waals surface area (Å²) in [5.41, 5.74) is 1.81. The molecule has 5 nitrogen and oxygen atoms in total. The smallest absolute Gasteiger partial charge is 0.223 e. The Balaban J connectivity index is 2.12. The highest BCUT2D eigenvalue weighted by Crippen LogP contribution is 2.12. The van der Waals surface area contributed by atoms with Gasteiger partial charge in [0.05, 0.1) is 5.75 Å². The van der Waals surface area contributed by atoms with Crippen LogP contribution in [0.2, 0.25) is 0 Å². The van der Waals surface area contributed by atoms with Crippen LogP contribution >= 0.6 is 0 Å². The van der Waals surface area contributed by atoms with Crippen molar-refractivity contribution in [2.75, 3.05) is 0 Å². The quantitative estimate of drug-likeness (QED) is 0.843. The second-order valence-electron chi connectivity index (χ2n) is 4.25. The molecule has 0 N–H and O–H groups in total. The van der Waals surface area contributed by atoms with Crippen LogP contribution < -0.4 is 0 Å². The predicted molar refractivity (Wildman–Crippen MR) is 66.5 cm³/mol. The Hall–Kier alpha value is -1.69. The summed E-state index contributed by atoms with van der Waals surface area (Å²) in [5, 5.41) is 3.59. The molecule has 0 spiro atoms. The highest BCUT2D eigenvalue weighted by molar-refractivity contribution is 7.89. The number of hydrogen-bond donors (Lipinski definition) is 0. The predicted octanol–water partition coefficient (Wildman–Crippen LogP) is 1.80. The number of benzene rings is 1. The number of rotatable bonds is 4. The standard InChI is InChI=1S/C12H14N2O3S/c1-9-4-3-5-11(6-9)7-18(15,16)8-12-13-10(2)17-14-12/h3-6H,7-8H2,1-2H3. The fourth-order valence-electron chi connectivity index (χ4n) is 1.70. The zero-order valence-electron chi connectivity index (χ0n) is 10.3. The Labute approximate surface area is 106 Å². The van der Waals surface area contributed by atoms with Crippen molar-refractivity contribution in [3.63, 3.8) is 0 Å². The summed E-state index contributed by atoms with van der Waals surface area (Å²) in [7, 11) is -3.28. The van der Waals surface area contributed by atoms with Gasteiger partial charge in [-0.2, -0.15) is 4.98 Å². The number of aryl methyl sites for hydroxylation is 2. The van der Waals surface area contributed by atoms with Crippen molar-refractivity contribution >= 4 is 9.84 Å². The molecule has 0 unspecified atom stereocenters. The molecule has 0 atom stereocenters. The molecule has 6 heteroatoms. The molecule has 0 amide bonds. The van der Waals surface area contributed by atoms with E-state index in [0.717, 1.165) is 11.1 Å². The molecule has 0 radical (unpaired) electrons. The van der Waals surface area contributed by atoms with E-state index in [1.807, 2.05) is 25.1 Å². The second kappa shape index (κ2) is 4.89. The SMILES string of the molecule is Cc1cccc(CS(=O)(=O)Cc2noc(C)n2)c1. The zero-order chi connectivity index (χ0) is 13.2. The van der Waals surface area contributed by atoms with Gasteiger partial charge in [-0.3, -0.25) is 0 Å². The van der Waals surface area contributed by atoms with Gasteiger partial charge < -0.3 is 4.52 Å². The minimum Gasteiger partial charge on any atom is -0.340 e. The Kier molecular flexibility index (Phi) is 3.47. The second-order valence-corrected chi connectivity index (χ2v) is 6.32. The maximum absolute atomic E-state index is 12.0. The van der Waals surface area contributed by atoms with Crippen molar-refractivity contribution in [2.45, 2.75) is 25.4 Å². The van der Waals surface area contributed by atoms with Gasteiger partial charge in [0.1, 0.15) is 5.75 Å². The van der Waals surface area contributed by atoms with Gasteiger partial charge in [0.2, 0.25) is 5.89 Å². The fraction of sp³-hybridized carbons (Fsp3) is 0.333. The molecule has 18 heavy (non-hydrogen) atoms. The molecule has 1 aromatic heterocycles. The highest BCUT2D eigenvalue weighted by atomic mass is 32.2. The van der Waals surface area contributed by atoms with Crippen LogP contribution in [0.1, 0.15) is 22.8 Å². The van der Waals surface area contributed by atoms with Gasteiger partial charge in [-0.25, -0.2) is 8.42 Å². The fourth-order valence-corrected chi connectivity index (χ4v) is 3.00. The van der Waals surface area contributed by atoms with Crippen molar-refractivity contribution in [3.05, 3.63) is 47.1 Å². The summed E-state index contributed by atoms with van der Waals surface area (Å²) in [6, 6.07) is 7.43. The third-order valence-electron chi connectivity index (χ3n) is 2.39. The topological polar surface area (TPSA) is 73.1 Å². The minimum atomic E-state index is -3.28.